The quantitative estimate of drug-likeness (QED) is 0.737. The molecule has 146 valence electrons. The van der Waals surface area contributed by atoms with Crippen molar-refractivity contribution in [2.24, 2.45) is 11.7 Å². The fourth-order valence-electron chi connectivity index (χ4n) is 3.70. The number of rotatable bonds is 4. The summed E-state index contributed by atoms with van der Waals surface area (Å²) < 4.78 is 1.75. The highest BCUT2D eigenvalue weighted by Gasteiger charge is 2.29. The third-order valence-corrected chi connectivity index (χ3v) is 5.39. The summed E-state index contributed by atoms with van der Waals surface area (Å²) in [5, 5.41) is 4.28. The van der Waals surface area contributed by atoms with Gasteiger partial charge in [0.05, 0.1) is 5.92 Å². The number of nitrogens with two attached hydrogens (primary N) is 1. The Morgan fingerprint density at radius 1 is 1.14 bits per heavy atom. The number of hydrogen-bond donors (Lipinski definition) is 1. The number of nitrogens with zero attached hydrogens (tertiary/aromatic N) is 6. The summed E-state index contributed by atoms with van der Waals surface area (Å²) in [5.41, 5.74) is 8.24. The van der Waals surface area contributed by atoms with Crippen LogP contribution in [-0.2, 0) is 4.79 Å². The number of fused-ring (bicyclic) bond motifs is 1. The molecular formula is C20H25N7O. The van der Waals surface area contributed by atoms with Crippen molar-refractivity contribution in [3.63, 3.8) is 0 Å². The topological polar surface area (TPSA) is 92.7 Å². The fraction of sp³-hybridized carbons (Fsp3) is 0.400. The molecule has 8 heteroatoms. The van der Waals surface area contributed by atoms with Crippen LogP contribution < -0.4 is 10.6 Å². The SMILES string of the molecule is Cc1cc(N2CCN(C(=O)C(C)C(N)c3ccccc3)CC2)n2ncnc2n1. The van der Waals surface area contributed by atoms with E-state index in [0.29, 0.717) is 18.9 Å². The van der Waals surface area contributed by atoms with Gasteiger partial charge < -0.3 is 15.5 Å². The first-order valence-corrected chi connectivity index (χ1v) is 9.56. The van der Waals surface area contributed by atoms with E-state index in [0.717, 1.165) is 30.2 Å². The first-order chi connectivity index (χ1) is 13.5. The van der Waals surface area contributed by atoms with Gasteiger partial charge in [-0.1, -0.05) is 37.3 Å². The van der Waals surface area contributed by atoms with Crippen LogP contribution in [0.2, 0.25) is 0 Å². The van der Waals surface area contributed by atoms with Crippen LogP contribution in [-0.4, -0.2) is 56.6 Å². The number of aryl methyl sites for hydroxylation is 1. The number of aromatic nitrogens is 4. The van der Waals surface area contributed by atoms with Crippen molar-refractivity contribution in [2.75, 3.05) is 31.1 Å². The normalized spacial score (nSPS) is 17.0. The highest BCUT2D eigenvalue weighted by Crippen LogP contribution is 2.23. The maximum Gasteiger partial charge on any atom is 0.254 e. The molecule has 0 aliphatic carbocycles. The van der Waals surface area contributed by atoms with Gasteiger partial charge in [0.15, 0.2) is 0 Å². The molecule has 3 heterocycles. The van der Waals surface area contributed by atoms with Crippen LogP contribution in [0.3, 0.4) is 0 Å². The van der Waals surface area contributed by atoms with Crippen molar-refractivity contribution >= 4 is 17.5 Å². The fourth-order valence-corrected chi connectivity index (χ4v) is 3.70. The minimum Gasteiger partial charge on any atom is -0.353 e. The molecule has 2 atom stereocenters. The maximum absolute atomic E-state index is 13.0. The molecule has 1 saturated heterocycles. The average Bonchev–Trinajstić information content (AvgIpc) is 3.20. The van der Waals surface area contributed by atoms with E-state index in [1.807, 2.05) is 55.1 Å². The third kappa shape index (κ3) is 3.43. The van der Waals surface area contributed by atoms with E-state index in [1.54, 1.807) is 4.52 Å². The van der Waals surface area contributed by atoms with Gasteiger partial charge in [0, 0.05) is 44.0 Å². The highest BCUT2D eigenvalue weighted by atomic mass is 16.2. The maximum atomic E-state index is 13.0. The molecule has 2 unspecified atom stereocenters. The number of benzene rings is 1. The lowest BCUT2D eigenvalue weighted by Gasteiger charge is -2.37. The predicted octanol–water partition coefficient (Wildman–Crippen LogP) is 1.42. The van der Waals surface area contributed by atoms with E-state index in [9.17, 15) is 4.79 Å². The smallest absolute Gasteiger partial charge is 0.254 e. The first-order valence-electron chi connectivity index (χ1n) is 9.56. The molecule has 0 bridgehead atoms. The Morgan fingerprint density at radius 2 is 1.86 bits per heavy atom. The van der Waals surface area contributed by atoms with E-state index >= 15 is 0 Å². The molecule has 2 N–H and O–H groups in total. The molecule has 3 aromatic rings. The standard InChI is InChI=1S/C20H25N7O/c1-14-12-17(27-20(24-14)22-13-23-27)25-8-10-26(11-9-25)19(28)15(2)18(21)16-6-4-3-5-7-16/h3-7,12-13,15,18H,8-11,21H2,1-2H3. The summed E-state index contributed by atoms with van der Waals surface area (Å²) in [6, 6.07) is 11.5. The number of anilines is 1. The molecule has 1 amide bonds. The molecule has 1 aliphatic rings. The lowest BCUT2D eigenvalue weighted by molar-refractivity contribution is -0.136. The second-order valence-corrected chi connectivity index (χ2v) is 7.27. The summed E-state index contributed by atoms with van der Waals surface area (Å²) in [6.45, 7) is 6.64. The van der Waals surface area contributed by atoms with E-state index in [-0.39, 0.29) is 17.9 Å². The summed E-state index contributed by atoms with van der Waals surface area (Å²) in [7, 11) is 0. The molecular weight excluding hydrogens is 354 g/mol. The van der Waals surface area contributed by atoms with Crippen LogP contribution in [0.1, 0.15) is 24.2 Å². The van der Waals surface area contributed by atoms with Crippen molar-refractivity contribution in [1.82, 2.24) is 24.5 Å². The van der Waals surface area contributed by atoms with Gasteiger partial charge >= 0.3 is 0 Å². The molecule has 2 aromatic heterocycles. The summed E-state index contributed by atoms with van der Waals surface area (Å²) in [6.07, 6.45) is 1.51. The summed E-state index contributed by atoms with van der Waals surface area (Å²) in [5.74, 6) is 1.39. The largest absolute Gasteiger partial charge is 0.353 e. The molecule has 28 heavy (non-hydrogen) atoms. The minimum atomic E-state index is -0.302. The van der Waals surface area contributed by atoms with Crippen molar-refractivity contribution in [2.45, 2.75) is 19.9 Å². The van der Waals surface area contributed by atoms with Gasteiger partial charge in [-0.15, -0.1) is 0 Å². The van der Waals surface area contributed by atoms with Gasteiger partial charge in [0.2, 0.25) is 5.91 Å². The Balaban J connectivity index is 1.43. The molecule has 0 radical (unpaired) electrons. The number of carbonyl (C=O) groups excluding carboxylic acids is 1. The molecule has 0 saturated carbocycles. The molecule has 1 aromatic carbocycles. The monoisotopic (exact) mass is 379 g/mol. The van der Waals surface area contributed by atoms with Gasteiger partial charge in [0.1, 0.15) is 12.1 Å². The van der Waals surface area contributed by atoms with Crippen LogP contribution in [0, 0.1) is 12.8 Å². The van der Waals surface area contributed by atoms with Crippen LogP contribution in [0.25, 0.3) is 5.78 Å². The highest BCUT2D eigenvalue weighted by molar-refractivity contribution is 5.79. The Morgan fingerprint density at radius 3 is 2.57 bits per heavy atom. The average molecular weight is 379 g/mol. The van der Waals surface area contributed by atoms with Crippen LogP contribution in [0.15, 0.2) is 42.7 Å². The van der Waals surface area contributed by atoms with Gasteiger partial charge in [-0.3, -0.25) is 4.79 Å². The second kappa shape index (κ2) is 7.55. The van der Waals surface area contributed by atoms with Crippen molar-refractivity contribution < 1.29 is 4.79 Å². The van der Waals surface area contributed by atoms with Crippen molar-refractivity contribution in [3.8, 4) is 0 Å². The van der Waals surface area contributed by atoms with E-state index < -0.39 is 0 Å². The number of piperazine rings is 1. The zero-order valence-corrected chi connectivity index (χ0v) is 16.2. The second-order valence-electron chi connectivity index (χ2n) is 7.27. The molecule has 1 fully saturated rings. The minimum absolute atomic E-state index is 0.104. The summed E-state index contributed by atoms with van der Waals surface area (Å²) in [4.78, 5) is 25.7. The summed E-state index contributed by atoms with van der Waals surface area (Å²) >= 11 is 0. The Hall–Kier alpha value is -3.00. The molecule has 0 spiro atoms. The lowest BCUT2D eigenvalue weighted by Crippen LogP contribution is -2.51. The molecule has 1 aliphatic heterocycles. The number of amides is 1. The van der Waals surface area contributed by atoms with Crippen LogP contribution in [0.5, 0.6) is 0 Å². The molecule has 8 nitrogen and oxygen atoms in total. The van der Waals surface area contributed by atoms with Gasteiger partial charge in [0.25, 0.3) is 5.78 Å². The zero-order valence-electron chi connectivity index (χ0n) is 16.2. The zero-order chi connectivity index (χ0) is 19.7. The lowest BCUT2D eigenvalue weighted by atomic mass is 9.94. The number of carbonyl (C=O) groups is 1. The first kappa shape index (κ1) is 18.4. The van der Waals surface area contributed by atoms with Crippen LogP contribution in [0.4, 0.5) is 5.82 Å². The van der Waals surface area contributed by atoms with Crippen molar-refractivity contribution in [3.05, 3.63) is 54.0 Å². The molecule has 4 rings (SSSR count). The van der Waals surface area contributed by atoms with E-state index in [4.69, 9.17) is 5.73 Å². The Labute approximate surface area is 164 Å². The van der Waals surface area contributed by atoms with Crippen molar-refractivity contribution in [1.29, 1.82) is 0 Å². The van der Waals surface area contributed by atoms with Gasteiger partial charge in [-0.05, 0) is 12.5 Å². The third-order valence-electron chi connectivity index (χ3n) is 5.39. The Kier molecular flexibility index (Phi) is 4.95. The van der Waals surface area contributed by atoms with E-state index in [1.165, 1.54) is 6.33 Å². The number of hydrogen-bond acceptors (Lipinski definition) is 6. The van der Waals surface area contributed by atoms with E-state index in [2.05, 4.69) is 20.0 Å². The Bertz CT molecular complexity index is 963. The van der Waals surface area contributed by atoms with Crippen LogP contribution >= 0.6 is 0 Å². The predicted molar refractivity (Wildman–Crippen MR) is 107 cm³/mol. The van der Waals surface area contributed by atoms with Gasteiger partial charge in [-0.25, -0.2) is 4.98 Å². The van der Waals surface area contributed by atoms with Gasteiger partial charge in [-0.2, -0.15) is 14.6 Å².